The van der Waals surface area contributed by atoms with Crippen molar-refractivity contribution in [3.63, 3.8) is 0 Å². The van der Waals surface area contributed by atoms with E-state index in [9.17, 15) is 4.79 Å². The van der Waals surface area contributed by atoms with Gasteiger partial charge in [0.05, 0.1) is 5.56 Å². The van der Waals surface area contributed by atoms with Gasteiger partial charge >= 0.3 is 0 Å². The summed E-state index contributed by atoms with van der Waals surface area (Å²) in [4.78, 5) is 17.1. The van der Waals surface area contributed by atoms with Gasteiger partial charge in [-0.3, -0.25) is 4.79 Å². The number of hydrogen-bond donors (Lipinski definition) is 1. The lowest BCUT2D eigenvalue weighted by atomic mass is 10.2. The third kappa shape index (κ3) is 4.45. The van der Waals surface area contributed by atoms with E-state index in [1.807, 2.05) is 6.07 Å². The van der Waals surface area contributed by atoms with Crippen LogP contribution in [0.2, 0.25) is 0 Å². The fourth-order valence-electron chi connectivity index (χ4n) is 1.92. The summed E-state index contributed by atoms with van der Waals surface area (Å²) >= 11 is 0. The molecule has 1 saturated heterocycles. The smallest absolute Gasteiger partial charge is 0.284 e. The molecule has 0 spiro atoms. The Balaban J connectivity index is 1.83. The number of carbonyl (C=O) groups excluding carboxylic acids is 1. The lowest BCUT2D eigenvalue weighted by Gasteiger charge is -2.23. The fraction of sp³-hybridized carbons (Fsp3) is 0.467. The number of para-hydroxylation sites is 1. The summed E-state index contributed by atoms with van der Waals surface area (Å²) in [6.45, 7) is 2.23. The molecule has 2 rings (SSSR count). The molecular weight excluding hydrogens is 272 g/mol. The Bertz CT molecular complexity index is 521. The Kier molecular flexibility index (Phi) is 5.55. The molecule has 0 bridgehead atoms. The molecule has 0 aliphatic carbocycles. The van der Waals surface area contributed by atoms with Gasteiger partial charge in [0.2, 0.25) is 0 Å². The van der Waals surface area contributed by atoms with Crippen LogP contribution in [0.3, 0.4) is 0 Å². The van der Waals surface area contributed by atoms with E-state index in [1.165, 1.54) is 0 Å². The average Bonchev–Trinajstić information content (AvgIpc) is 2.54. The van der Waals surface area contributed by atoms with E-state index in [1.54, 1.807) is 31.2 Å². The highest BCUT2D eigenvalue weighted by atomic mass is 16.8. The molecule has 1 fully saturated rings. The molecule has 21 heavy (non-hydrogen) atoms. The number of nitrogens with one attached hydrogen (secondary N) is 1. The molecule has 1 aliphatic rings. The summed E-state index contributed by atoms with van der Waals surface area (Å²) in [5, 5.41) is 8.97. The van der Waals surface area contributed by atoms with Crippen LogP contribution in [0.15, 0.2) is 24.3 Å². The number of benzene rings is 1. The zero-order valence-corrected chi connectivity index (χ0v) is 11.9. The number of carbonyl (C=O) groups is 1. The molecule has 0 saturated carbocycles. The van der Waals surface area contributed by atoms with Crippen molar-refractivity contribution in [1.29, 1.82) is 5.26 Å². The van der Waals surface area contributed by atoms with Crippen LogP contribution in [0.1, 0.15) is 31.7 Å². The first kappa shape index (κ1) is 15.3. The van der Waals surface area contributed by atoms with E-state index in [4.69, 9.17) is 19.6 Å². The van der Waals surface area contributed by atoms with Crippen LogP contribution in [0.25, 0.3) is 0 Å². The maximum atomic E-state index is 11.9. The fourth-order valence-corrected chi connectivity index (χ4v) is 1.92. The Hall–Kier alpha value is -2.10. The summed E-state index contributed by atoms with van der Waals surface area (Å²) in [5.41, 5.74) is 2.72. The lowest BCUT2D eigenvalue weighted by Crippen LogP contribution is -2.40. The predicted molar refractivity (Wildman–Crippen MR) is 74.1 cm³/mol. The molecule has 1 amide bonds. The van der Waals surface area contributed by atoms with Crippen LogP contribution >= 0.6 is 0 Å². The zero-order valence-electron chi connectivity index (χ0n) is 11.9. The van der Waals surface area contributed by atoms with E-state index in [-0.39, 0.29) is 0 Å². The Labute approximate surface area is 123 Å². The first-order chi connectivity index (χ1) is 10.2. The number of amides is 1. The second kappa shape index (κ2) is 7.62. The van der Waals surface area contributed by atoms with Gasteiger partial charge in [0, 0.05) is 13.0 Å². The van der Waals surface area contributed by atoms with Gasteiger partial charge in [-0.15, -0.1) is 0 Å². The molecule has 6 heteroatoms. The van der Waals surface area contributed by atoms with Gasteiger partial charge in [-0.1, -0.05) is 12.1 Å². The molecule has 1 heterocycles. The minimum absolute atomic E-state index is 0.372. The first-order valence-corrected chi connectivity index (χ1v) is 6.93. The van der Waals surface area contributed by atoms with Crippen molar-refractivity contribution in [2.24, 2.45) is 0 Å². The second-order valence-electron chi connectivity index (χ2n) is 4.75. The van der Waals surface area contributed by atoms with Crippen molar-refractivity contribution in [3.8, 4) is 11.8 Å². The number of hydroxylamine groups is 1. The Morgan fingerprint density at radius 3 is 3.00 bits per heavy atom. The molecule has 6 nitrogen and oxygen atoms in total. The summed E-state index contributed by atoms with van der Waals surface area (Å²) in [7, 11) is 0. The number of hydrogen-bond acceptors (Lipinski definition) is 5. The van der Waals surface area contributed by atoms with Gasteiger partial charge < -0.3 is 9.47 Å². The van der Waals surface area contributed by atoms with Gasteiger partial charge in [0.25, 0.3) is 5.91 Å². The monoisotopic (exact) mass is 290 g/mol. The maximum Gasteiger partial charge on any atom is 0.284 e. The highest BCUT2D eigenvalue weighted by molar-refractivity contribution is 5.79. The van der Waals surface area contributed by atoms with E-state index in [0.29, 0.717) is 17.9 Å². The van der Waals surface area contributed by atoms with Gasteiger partial charge in [-0.05, 0) is 31.9 Å². The van der Waals surface area contributed by atoms with Crippen molar-refractivity contribution in [2.75, 3.05) is 6.61 Å². The highest BCUT2D eigenvalue weighted by Crippen LogP contribution is 2.18. The van der Waals surface area contributed by atoms with E-state index < -0.39 is 18.3 Å². The van der Waals surface area contributed by atoms with E-state index in [0.717, 1.165) is 19.3 Å². The number of ether oxygens (including phenoxy) is 2. The first-order valence-electron chi connectivity index (χ1n) is 6.93. The van der Waals surface area contributed by atoms with Gasteiger partial charge in [-0.25, -0.2) is 10.3 Å². The van der Waals surface area contributed by atoms with Crippen molar-refractivity contribution >= 4 is 5.91 Å². The topological polar surface area (TPSA) is 80.6 Å². The third-order valence-electron chi connectivity index (χ3n) is 3.11. The number of rotatable bonds is 5. The standard InChI is InChI=1S/C15H18N2O4/c1-11(20-13-7-3-2-6-12(13)10-16)15(18)17-21-14-8-4-5-9-19-14/h2-3,6-7,11,14H,4-5,8-9H2,1H3,(H,17,18)/t11-,14-/m1/s1. The largest absolute Gasteiger partial charge is 0.479 e. The zero-order chi connectivity index (χ0) is 15.1. The van der Waals surface area contributed by atoms with Crippen molar-refractivity contribution < 1.29 is 19.1 Å². The molecule has 0 radical (unpaired) electrons. The highest BCUT2D eigenvalue weighted by Gasteiger charge is 2.20. The molecule has 1 N–H and O–H groups in total. The van der Waals surface area contributed by atoms with Gasteiger partial charge in [0.15, 0.2) is 12.4 Å². The molecule has 2 atom stereocenters. The molecule has 1 aromatic rings. The molecule has 0 unspecified atom stereocenters. The minimum Gasteiger partial charge on any atom is -0.479 e. The quantitative estimate of drug-likeness (QED) is 0.838. The summed E-state index contributed by atoms with van der Waals surface area (Å²) in [6, 6.07) is 8.77. The third-order valence-corrected chi connectivity index (χ3v) is 3.11. The molecular formula is C15H18N2O4. The van der Waals surface area contributed by atoms with Crippen molar-refractivity contribution in [1.82, 2.24) is 5.48 Å². The van der Waals surface area contributed by atoms with E-state index >= 15 is 0 Å². The SMILES string of the molecule is C[C@@H](Oc1ccccc1C#N)C(=O)NO[C@@H]1CCCCO1. The van der Waals surface area contributed by atoms with Crippen molar-refractivity contribution in [2.45, 2.75) is 38.6 Å². The normalized spacial score (nSPS) is 19.3. The summed E-state index contributed by atoms with van der Waals surface area (Å²) < 4.78 is 10.8. The van der Waals surface area contributed by atoms with Crippen LogP contribution in [0.5, 0.6) is 5.75 Å². The van der Waals surface area contributed by atoms with Crippen LogP contribution in [0, 0.1) is 11.3 Å². The maximum absolute atomic E-state index is 11.9. The van der Waals surface area contributed by atoms with E-state index in [2.05, 4.69) is 5.48 Å². The Morgan fingerprint density at radius 1 is 1.48 bits per heavy atom. The number of nitriles is 1. The lowest BCUT2D eigenvalue weighted by molar-refractivity contribution is -0.202. The van der Waals surface area contributed by atoms with Crippen LogP contribution in [-0.2, 0) is 14.4 Å². The van der Waals surface area contributed by atoms with Gasteiger partial charge in [-0.2, -0.15) is 5.26 Å². The van der Waals surface area contributed by atoms with Gasteiger partial charge in [0.1, 0.15) is 11.8 Å². The molecule has 0 aromatic heterocycles. The average molecular weight is 290 g/mol. The Morgan fingerprint density at radius 2 is 2.29 bits per heavy atom. The van der Waals surface area contributed by atoms with Crippen molar-refractivity contribution in [3.05, 3.63) is 29.8 Å². The summed E-state index contributed by atoms with van der Waals surface area (Å²) in [5.74, 6) is -0.0477. The predicted octanol–water partition coefficient (Wildman–Crippen LogP) is 1.90. The number of nitrogens with zero attached hydrogens (tertiary/aromatic N) is 1. The second-order valence-corrected chi connectivity index (χ2v) is 4.75. The minimum atomic E-state index is -0.775. The van der Waals surface area contributed by atoms with Crippen LogP contribution < -0.4 is 10.2 Å². The van der Waals surface area contributed by atoms with Crippen LogP contribution in [-0.4, -0.2) is 24.9 Å². The summed E-state index contributed by atoms with van der Waals surface area (Å²) in [6.07, 6.45) is 1.61. The van der Waals surface area contributed by atoms with Crippen LogP contribution in [0.4, 0.5) is 0 Å². The molecule has 1 aromatic carbocycles. The molecule has 112 valence electrons. The molecule has 1 aliphatic heterocycles.